The second kappa shape index (κ2) is 9.53. The quantitative estimate of drug-likeness (QED) is 0.159. The number of allylic oxidation sites excluding steroid dienone is 1. The van der Waals surface area contributed by atoms with E-state index < -0.39 is 11.5 Å². The molecule has 0 bridgehead atoms. The van der Waals surface area contributed by atoms with Crippen LogP contribution in [0.2, 0.25) is 0 Å². The molecule has 0 aliphatic carbocycles. The molecule has 0 amide bonds. The number of carbonyl (C=O) groups is 2. The molecule has 0 fully saturated rings. The topological polar surface area (TPSA) is 79.1 Å². The maximum Gasteiger partial charge on any atom is 0.346 e. The zero-order chi connectivity index (χ0) is 30.1. The Kier molecular flexibility index (Phi) is 6.28. The lowest BCUT2D eigenvalue weighted by molar-refractivity contribution is -0.233. The number of rotatable bonds is 4. The van der Waals surface area contributed by atoms with Crippen LogP contribution in [-0.4, -0.2) is 42.7 Å². The molecule has 214 valence electrons. The van der Waals surface area contributed by atoms with Gasteiger partial charge < -0.3 is 14.5 Å². The van der Waals surface area contributed by atoms with Gasteiger partial charge in [0.15, 0.2) is 11.8 Å². The van der Waals surface area contributed by atoms with Crippen LogP contribution in [0.4, 0.5) is 5.69 Å². The van der Waals surface area contributed by atoms with E-state index in [1.165, 1.54) is 5.57 Å². The van der Waals surface area contributed by atoms with Gasteiger partial charge in [-0.3, -0.25) is 4.79 Å². The zero-order valence-electron chi connectivity index (χ0n) is 25.0. The van der Waals surface area contributed by atoms with Gasteiger partial charge in [-0.05, 0) is 55.7 Å². The Labute approximate surface area is 245 Å². The van der Waals surface area contributed by atoms with Crippen LogP contribution >= 0.6 is 0 Å². The Morgan fingerprint density at radius 3 is 2.45 bits per heavy atom. The minimum Gasteiger partial charge on any atom is -0.456 e. The van der Waals surface area contributed by atoms with Crippen molar-refractivity contribution in [3.05, 3.63) is 99.1 Å². The third-order valence-electron chi connectivity index (χ3n) is 9.07. The van der Waals surface area contributed by atoms with E-state index >= 15 is 0 Å². The highest BCUT2D eigenvalue weighted by molar-refractivity contribution is 5.97. The number of hydrogen-bond donors (Lipinski definition) is 1. The summed E-state index contributed by atoms with van der Waals surface area (Å²) in [4.78, 5) is 30.7. The first kappa shape index (κ1) is 27.7. The number of benzene rings is 3. The van der Waals surface area contributed by atoms with Crippen molar-refractivity contribution in [2.75, 3.05) is 19.0 Å². The average molecular weight is 564 g/mol. The van der Waals surface area contributed by atoms with Crippen LogP contribution in [0.5, 0.6) is 11.5 Å². The fourth-order valence-corrected chi connectivity index (χ4v) is 6.47. The molecule has 0 atom stereocenters. The lowest BCUT2D eigenvalue weighted by Gasteiger charge is -2.41. The highest BCUT2D eigenvalue weighted by Crippen LogP contribution is 2.47. The molecule has 6 rings (SSSR count). The number of likely N-dealkylation sites (N-methyl/N-ethyl adjacent to an activating group) is 2. The summed E-state index contributed by atoms with van der Waals surface area (Å²) in [5, 5.41) is 11.0. The smallest absolute Gasteiger partial charge is 0.346 e. The fourth-order valence-electron chi connectivity index (χ4n) is 6.47. The van der Waals surface area contributed by atoms with E-state index in [4.69, 9.17) is 9.99 Å². The molecule has 3 aromatic carbocycles. The summed E-state index contributed by atoms with van der Waals surface area (Å²) >= 11 is 0. The van der Waals surface area contributed by atoms with E-state index in [1.807, 2.05) is 49.5 Å². The first-order chi connectivity index (χ1) is 19.9. The molecule has 7 nitrogen and oxygen atoms in total. The van der Waals surface area contributed by atoms with Gasteiger partial charge in [0, 0.05) is 65.7 Å². The van der Waals surface area contributed by atoms with Crippen LogP contribution in [0.25, 0.3) is 16.7 Å². The SMILES string of the molecule is CC1=CC(C)(C)[N+](C)=c2cc3c(cc21)=C(c1ccccc1C=O)c1cc2c(cc1O3)N(C)C(C)(C)C=C2CC(=O)OO. The van der Waals surface area contributed by atoms with Gasteiger partial charge in [-0.1, -0.05) is 30.3 Å². The summed E-state index contributed by atoms with van der Waals surface area (Å²) in [7, 11) is 4.10. The maximum absolute atomic E-state index is 12.3. The number of nitrogens with zero attached hydrogens (tertiary/aromatic N) is 2. The third-order valence-corrected chi connectivity index (χ3v) is 9.07. The minimum absolute atomic E-state index is 0.0864. The molecule has 3 aliphatic rings. The molecular formula is C35H35N2O5+. The minimum atomic E-state index is -0.733. The summed E-state index contributed by atoms with van der Waals surface area (Å²) < 4.78 is 8.97. The second-order valence-corrected chi connectivity index (χ2v) is 12.5. The lowest BCUT2D eigenvalue weighted by Crippen LogP contribution is -2.47. The summed E-state index contributed by atoms with van der Waals surface area (Å²) in [6.45, 7) is 10.6. The highest BCUT2D eigenvalue weighted by Gasteiger charge is 2.35. The van der Waals surface area contributed by atoms with E-state index in [9.17, 15) is 9.59 Å². The highest BCUT2D eigenvalue weighted by atomic mass is 17.1. The predicted octanol–water partition coefficient (Wildman–Crippen LogP) is 5.19. The van der Waals surface area contributed by atoms with Gasteiger partial charge in [0.05, 0.1) is 18.0 Å². The van der Waals surface area contributed by atoms with Gasteiger partial charge in [0.2, 0.25) is 5.36 Å². The number of hydrogen-bond acceptors (Lipinski definition) is 6. The van der Waals surface area contributed by atoms with E-state index in [-0.39, 0.29) is 12.0 Å². The van der Waals surface area contributed by atoms with E-state index in [0.29, 0.717) is 17.1 Å². The molecule has 3 aliphatic heterocycles. The van der Waals surface area contributed by atoms with Crippen molar-refractivity contribution in [2.24, 2.45) is 0 Å². The molecule has 3 heterocycles. The van der Waals surface area contributed by atoms with Gasteiger partial charge in [-0.15, -0.1) is 0 Å². The van der Waals surface area contributed by atoms with E-state index in [2.05, 4.69) is 74.2 Å². The monoisotopic (exact) mass is 563 g/mol. The number of fused-ring (bicyclic) bond motifs is 4. The van der Waals surface area contributed by atoms with Gasteiger partial charge >= 0.3 is 5.97 Å². The normalized spacial score (nSPS) is 17.6. The molecule has 0 aromatic heterocycles. The predicted molar refractivity (Wildman–Crippen MR) is 164 cm³/mol. The van der Waals surface area contributed by atoms with Gasteiger partial charge in [-0.25, -0.2) is 9.37 Å². The third kappa shape index (κ3) is 4.19. The molecule has 3 aromatic rings. The largest absolute Gasteiger partial charge is 0.456 e. The molecule has 0 saturated carbocycles. The molecule has 0 spiro atoms. The van der Waals surface area contributed by atoms with Crippen molar-refractivity contribution in [1.82, 2.24) is 4.58 Å². The van der Waals surface area contributed by atoms with Crippen LogP contribution in [0.1, 0.15) is 73.7 Å². The zero-order valence-corrected chi connectivity index (χ0v) is 25.0. The van der Waals surface area contributed by atoms with Crippen molar-refractivity contribution >= 4 is 34.7 Å². The first-order valence-corrected chi connectivity index (χ1v) is 14.1. The Morgan fingerprint density at radius 2 is 1.74 bits per heavy atom. The van der Waals surface area contributed by atoms with Crippen molar-refractivity contribution in [3.63, 3.8) is 0 Å². The van der Waals surface area contributed by atoms with E-state index in [0.717, 1.165) is 55.9 Å². The van der Waals surface area contributed by atoms with Crippen LogP contribution < -0.4 is 24.8 Å². The second-order valence-electron chi connectivity index (χ2n) is 12.5. The summed E-state index contributed by atoms with van der Waals surface area (Å²) in [6, 6.07) is 15.9. The number of carbonyl (C=O) groups excluding carboxylic acids is 2. The molecule has 0 radical (unpaired) electrons. The average Bonchev–Trinajstić information content (AvgIpc) is 2.95. The van der Waals surface area contributed by atoms with Crippen molar-refractivity contribution < 1.29 is 24.5 Å². The molecule has 0 saturated heterocycles. The Bertz CT molecular complexity index is 1890. The standard InChI is InChI=1S/C35H34N2O5/c1-20-17-34(2,3)36(6)28-15-30-26(13-24(20)28)33(23-11-9-8-10-21(23)19-38)27-14-25-22(12-32(39)42-40)18-35(4,5)37(7)29(25)16-31(27)41-30/h8-11,13-19H,12H2,1-7H3/p+1. The van der Waals surface area contributed by atoms with Gasteiger partial charge in [0.1, 0.15) is 18.5 Å². The van der Waals surface area contributed by atoms with Crippen LogP contribution in [0.3, 0.4) is 0 Å². The van der Waals surface area contributed by atoms with Gasteiger partial charge in [0.25, 0.3) is 0 Å². The van der Waals surface area contributed by atoms with E-state index in [1.54, 1.807) is 0 Å². The Morgan fingerprint density at radius 1 is 1.00 bits per heavy atom. The number of aldehydes is 1. The van der Waals surface area contributed by atoms with Crippen molar-refractivity contribution in [3.8, 4) is 11.5 Å². The molecule has 7 heteroatoms. The van der Waals surface area contributed by atoms with Crippen LogP contribution in [-0.2, 0) is 9.68 Å². The summed E-state index contributed by atoms with van der Waals surface area (Å²) in [5.74, 6) is 0.644. The Hall–Kier alpha value is -4.49. The molecule has 1 N–H and O–H groups in total. The van der Waals surface area contributed by atoms with Gasteiger partial charge in [-0.2, -0.15) is 5.26 Å². The first-order valence-electron chi connectivity index (χ1n) is 14.1. The fraction of sp³-hybridized carbons (Fsp3) is 0.286. The Balaban J connectivity index is 1.73. The maximum atomic E-state index is 12.3. The van der Waals surface area contributed by atoms with Crippen LogP contribution in [0.15, 0.2) is 60.7 Å². The van der Waals surface area contributed by atoms with Crippen molar-refractivity contribution in [1.29, 1.82) is 0 Å². The molecule has 42 heavy (non-hydrogen) atoms. The van der Waals surface area contributed by atoms with Crippen molar-refractivity contribution in [2.45, 2.75) is 52.1 Å². The molecular weight excluding hydrogens is 528 g/mol. The summed E-state index contributed by atoms with van der Waals surface area (Å²) in [5.41, 5.74) is 7.26. The lowest BCUT2D eigenvalue weighted by atomic mass is 9.82. The summed E-state index contributed by atoms with van der Waals surface area (Å²) in [6.07, 6.45) is 5.09. The number of ether oxygens (including phenoxy) is 1. The van der Waals surface area contributed by atoms with Crippen LogP contribution in [0, 0.1) is 0 Å². The number of anilines is 1. The molecule has 0 unspecified atom stereocenters.